The number of carbonyl (C=O) groups excluding carboxylic acids is 1. The number of rotatable bonds is 10. The van der Waals surface area contributed by atoms with E-state index in [4.69, 9.17) is 9.47 Å². The van der Waals surface area contributed by atoms with Gasteiger partial charge in [0.1, 0.15) is 5.75 Å². The van der Waals surface area contributed by atoms with Crippen molar-refractivity contribution in [3.05, 3.63) is 78.4 Å². The van der Waals surface area contributed by atoms with Crippen molar-refractivity contribution in [2.45, 2.75) is 12.1 Å². The van der Waals surface area contributed by atoms with Gasteiger partial charge in [-0.3, -0.25) is 9.36 Å². The first-order valence-electron chi connectivity index (χ1n) is 11.2. The zero-order chi connectivity index (χ0) is 25.3. The van der Waals surface area contributed by atoms with Crippen molar-refractivity contribution in [2.24, 2.45) is 5.10 Å². The molecule has 2 N–H and O–H groups in total. The van der Waals surface area contributed by atoms with Crippen LogP contribution in [0.5, 0.6) is 17.2 Å². The summed E-state index contributed by atoms with van der Waals surface area (Å²) in [6.07, 6.45) is 1.37. The smallest absolute Gasteiger partial charge is 0.250 e. The third-order valence-electron chi connectivity index (χ3n) is 5.05. The van der Waals surface area contributed by atoms with E-state index in [1.165, 1.54) is 18.0 Å². The first-order valence-corrected chi connectivity index (χ1v) is 12.1. The summed E-state index contributed by atoms with van der Waals surface area (Å²) in [5.41, 5.74) is 4.65. The standard InChI is InChI=1S/C26H25N5O4S/c1-3-35-22-11-7-8-19(24(22)33)16-27-28-23(32)17-36-26-30-29-25(18-12-14-21(34-2)15-13-18)31(26)20-9-5-4-6-10-20/h4-16,33H,3,17H2,1-2H3,(H,28,32). The number of hydrogen-bond donors (Lipinski definition) is 2. The number of hydrogen-bond acceptors (Lipinski definition) is 8. The fourth-order valence-corrected chi connectivity index (χ4v) is 4.10. The lowest BCUT2D eigenvalue weighted by Crippen LogP contribution is -2.20. The number of ether oxygens (including phenoxy) is 2. The van der Waals surface area contributed by atoms with E-state index < -0.39 is 0 Å². The molecular weight excluding hydrogens is 478 g/mol. The molecule has 10 heteroatoms. The Morgan fingerprint density at radius 3 is 2.58 bits per heavy atom. The van der Waals surface area contributed by atoms with Crippen LogP contribution in [0.25, 0.3) is 17.1 Å². The number of phenols is 1. The van der Waals surface area contributed by atoms with Gasteiger partial charge >= 0.3 is 0 Å². The third kappa shape index (κ3) is 5.84. The van der Waals surface area contributed by atoms with Crippen molar-refractivity contribution >= 4 is 23.9 Å². The summed E-state index contributed by atoms with van der Waals surface area (Å²) in [6.45, 7) is 2.26. The van der Waals surface area contributed by atoms with Crippen LogP contribution in [0.15, 0.2) is 83.1 Å². The number of amides is 1. The monoisotopic (exact) mass is 503 g/mol. The fraction of sp³-hybridized carbons (Fsp3) is 0.154. The van der Waals surface area contributed by atoms with Gasteiger partial charge in [-0.1, -0.05) is 36.0 Å². The Bertz CT molecular complexity index is 1340. The number of para-hydroxylation sites is 2. The zero-order valence-electron chi connectivity index (χ0n) is 19.8. The second-order valence-electron chi connectivity index (χ2n) is 7.41. The van der Waals surface area contributed by atoms with Gasteiger partial charge in [-0.25, -0.2) is 5.43 Å². The van der Waals surface area contributed by atoms with Gasteiger partial charge in [0.25, 0.3) is 5.91 Å². The Balaban J connectivity index is 1.47. The number of thioether (sulfide) groups is 1. The van der Waals surface area contributed by atoms with Gasteiger partial charge in [0, 0.05) is 16.8 Å². The Morgan fingerprint density at radius 1 is 1.08 bits per heavy atom. The summed E-state index contributed by atoms with van der Waals surface area (Å²) >= 11 is 1.24. The van der Waals surface area contributed by atoms with E-state index >= 15 is 0 Å². The highest BCUT2D eigenvalue weighted by Gasteiger charge is 2.17. The second kappa shape index (κ2) is 11.9. The van der Waals surface area contributed by atoms with Crippen molar-refractivity contribution in [1.82, 2.24) is 20.2 Å². The lowest BCUT2D eigenvalue weighted by atomic mass is 10.2. The average Bonchev–Trinajstić information content (AvgIpc) is 3.34. The van der Waals surface area contributed by atoms with Crippen LogP contribution in [0.3, 0.4) is 0 Å². The summed E-state index contributed by atoms with van der Waals surface area (Å²) in [5.74, 6) is 1.45. The maximum atomic E-state index is 12.5. The second-order valence-corrected chi connectivity index (χ2v) is 8.36. The molecule has 3 aromatic carbocycles. The maximum absolute atomic E-state index is 12.5. The highest BCUT2D eigenvalue weighted by atomic mass is 32.2. The molecule has 0 fully saturated rings. The SMILES string of the molecule is CCOc1cccc(C=NNC(=O)CSc2nnc(-c3ccc(OC)cc3)n2-c2ccccc2)c1O. The van der Waals surface area contributed by atoms with Crippen LogP contribution in [0.1, 0.15) is 12.5 Å². The van der Waals surface area contributed by atoms with E-state index in [0.29, 0.717) is 28.9 Å². The van der Waals surface area contributed by atoms with E-state index in [9.17, 15) is 9.90 Å². The first kappa shape index (κ1) is 24.8. The number of methoxy groups -OCH3 is 1. The Hall–Kier alpha value is -4.31. The highest BCUT2D eigenvalue weighted by Crippen LogP contribution is 2.30. The molecule has 0 spiro atoms. The van der Waals surface area contributed by atoms with Crippen molar-refractivity contribution < 1.29 is 19.4 Å². The van der Waals surface area contributed by atoms with Crippen LogP contribution in [-0.2, 0) is 4.79 Å². The van der Waals surface area contributed by atoms with Crippen molar-refractivity contribution in [3.8, 4) is 34.3 Å². The molecular formula is C26H25N5O4S. The summed E-state index contributed by atoms with van der Waals surface area (Å²) in [7, 11) is 1.62. The number of aromatic nitrogens is 3. The molecule has 0 aliphatic rings. The molecule has 0 bridgehead atoms. The minimum Gasteiger partial charge on any atom is -0.504 e. The van der Waals surface area contributed by atoms with E-state index in [1.54, 1.807) is 25.3 Å². The minimum absolute atomic E-state index is 0.0336. The Labute approximate surface area is 212 Å². The lowest BCUT2D eigenvalue weighted by Gasteiger charge is -2.10. The summed E-state index contributed by atoms with van der Waals surface area (Å²) < 4.78 is 12.5. The quantitative estimate of drug-likeness (QED) is 0.189. The molecule has 0 aliphatic heterocycles. The molecule has 184 valence electrons. The molecule has 0 unspecified atom stereocenters. The van der Waals surface area contributed by atoms with Gasteiger partial charge in [0.2, 0.25) is 0 Å². The number of phenolic OH excluding ortho intramolecular Hbond substituents is 1. The van der Waals surface area contributed by atoms with Crippen molar-refractivity contribution in [2.75, 3.05) is 19.5 Å². The van der Waals surface area contributed by atoms with E-state index in [2.05, 4.69) is 20.7 Å². The molecule has 1 heterocycles. The van der Waals surface area contributed by atoms with Gasteiger partial charge in [-0.15, -0.1) is 10.2 Å². The molecule has 0 saturated heterocycles. The van der Waals surface area contributed by atoms with Crippen LogP contribution in [0, 0.1) is 0 Å². The van der Waals surface area contributed by atoms with Gasteiger partial charge in [-0.2, -0.15) is 5.10 Å². The van der Waals surface area contributed by atoms with Crippen molar-refractivity contribution in [1.29, 1.82) is 0 Å². The molecule has 1 amide bonds. The fourth-order valence-electron chi connectivity index (χ4n) is 3.35. The minimum atomic E-state index is -0.328. The molecule has 36 heavy (non-hydrogen) atoms. The molecule has 4 aromatic rings. The molecule has 0 saturated carbocycles. The van der Waals surface area contributed by atoms with Crippen LogP contribution in [0.4, 0.5) is 0 Å². The lowest BCUT2D eigenvalue weighted by molar-refractivity contribution is -0.118. The van der Waals surface area contributed by atoms with E-state index in [1.807, 2.05) is 66.1 Å². The topological polar surface area (TPSA) is 111 Å². The Kier molecular flexibility index (Phi) is 8.20. The molecule has 0 radical (unpaired) electrons. The van der Waals surface area contributed by atoms with Gasteiger partial charge in [-0.05, 0) is 55.5 Å². The molecule has 4 rings (SSSR count). The van der Waals surface area contributed by atoms with Gasteiger partial charge in [0.15, 0.2) is 22.5 Å². The molecule has 0 aliphatic carbocycles. The number of nitrogens with zero attached hydrogens (tertiary/aromatic N) is 4. The number of aromatic hydroxyl groups is 1. The summed E-state index contributed by atoms with van der Waals surface area (Å²) in [6, 6.07) is 22.3. The predicted molar refractivity (Wildman–Crippen MR) is 139 cm³/mol. The number of benzene rings is 3. The molecule has 0 atom stereocenters. The molecule has 9 nitrogen and oxygen atoms in total. The highest BCUT2D eigenvalue weighted by molar-refractivity contribution is 7.99. The van der Waals surface area contributed by atoms with Gasteiger partial charge < -0.3 is 14.6 Å². The maximum Gasteiger partial charge on any atom is 0.250 e. The Morgan fingerprint density at radius 2 is 1.86 bits per heavy atom. The van der Waals surface area contributed by atoms with Crippen LogP contribution in [-0.4, -0.2) is 51.5 Å². The predicted octanol–water partition coefficient (Wildman–Crippen LogP) is 4.29. The largest absolute Gasteiger partial charge is 0.504 e. The first-order chi connectivity index (χ1) is 17.6. The van der Waals surface area contributed by atoms with Crippen LogP contribution < -0.4 is 14.9 Å². The van der Waals surface area contributed by atoms with Gasteiger partial charge in [0.05, 0.1) is 25.7 Å². The average molecular weight is 504 g/mol. The van der Waals surface area contributed by atoms with Crippen LogP contribution in [0.2, 0.25) is 0 Å². The normalized spacial score (nSPS) is 10.9. The zero-order valence-corrected chi connectivity index (χ0v) is 20.6. The van der Waals surface area contributed by atoms with Crippen LogP contribution >= 0.6 is 11.8 Å². The van der Waals surface area contributed by atoms with Crippen molar-refractivity contribution in [3.63, 3.8) is 0 Å². The third-order valence-corrected chi connectivity index (χ3v) is 5.98. The molecule has 1 aromatic heterocycles. The summed E-state index contributed by atoms with van der Waals surface area (Å²) in [5, 5.41) is 23.5. The number of nitrogens with one attached hydrogen (secondary N) is 1. The number of carbonyl (C=O) groups is 1. The van der Waals surface area contributed by atoms with E-state index in [0.717, 1.165) is 17.0 Å². The summed E-state index contributed by atoms with van der Waals surface area (Å²) in [4.78, 5) is 12.5. The number of hydrazone groups is 1. The van der Waals surface area contributed by atoms with E-state index in [-0.39, 0.29) is 17.4 Å².